The molecule has 0 saturated heterocycles. The number of H-pyrrole nitrogens is 1. The molecule has 0 spiro atoms. The van der Waals surface area contributed by atoms with Gasteiger partial charge in [0.1, 0.15) is 11.2 Å². The molecule has 2 aromatic carbocycles. The van der Waals surface area contributed by atoms with Gasteiger partial charge in [-0.2, -0.15) is 0 Å². The van der Waals surface area contributed by atoms with Gasteiger partial charge in [-0.15, -0.1) is 0 Å². The van der Waals surface area contributed by atoms with Crippen LogP contribution in [0.25, 0.3) is 33.3 Å². The number of hydrogen-bond acceptors (Lipinski definition) is 6. The number of aromatic amines is 1. The Labute approximate surface area is 253 Å². The van der Waals surface area contributed by atoms with Gasteiger partial charge < -0.3 is 19.7 Å². The molecule has 1 aliphatic heterocycles. The lowest BCUT2D eigenvalue weighted by molar-refractivity contribution is -0.155. The average molecular weight is 583 g/mol. The van der Waals surface area contributed by atoms with Gasteiger partial charge in [0.05, 0.1) is 12.5 Å². The second-order valence-electron chi connectivity index (χ2n) is 12.7. The van der Waals surface area contributed by atoms with Crippen molar-refractivity contribution in [3.05, 3.63) is 77.1 Å². The van der Waals surface area contributed by atoms with Gasteiger partial charge in [0, 0.05) is 67.7 Å². The molecule has 3 heterocycles. The molecular formula is C35H42N4O4. The average Bonchev–Trinajstić information content (AvgIpc) is 3.38. The lowest BCUT2D eigenvalue weighted by atomic mass is 9.91. The molecule has 4 aromatic rings. The number of esters is 1. The van der Waals surface area contributed by atoms with Crippen LogP contribution in [0.3, 0.4) is 0 Å². The second kappa shape index (κ2) is 12.3. The van der Waals surface area contributed by atoms with Crippen LogP contribution in [-0.4, -0.2) is 75.1 Å². The van der Waals surface area contributed by atoms with Crippen molar-refractivity contribution in [3.63, 3.8) is 0 Å². The van der Waals surface area contributed by atoms with Crippen molar-refractivity contribution in [2.24, 2.45) is 0 Å². The number of benzene rings is 2. The molecule has 0 unspecified atom stereocenters. The molecule has 1 atom stereocenters. The number of hydrogen-bond donors (Lipinski definition) is 2. The van der Waals surface area contributed by atoms with Crippen LogP contribution in [0.2, 0.25) is 0 Å². The molecular weight excluding hydrogens is 540 g/mol. The fraction of sp³-hybridized carbons (Fsp3) is 0.400. The summed E-state index contributed by atoms with van der Waals surface area (Å²) in [5, 5.41) is 10.6. The van der Waals surface area contributed by atoms with Crippen LogP contribution in [0, 0.1) is 6.92 Å². The maximum absolute atomic E-state index is 12.7. The van der Waals surface area contributed by atoms with Crippen LogP contribution in [0.4, 0.5) is 0 Å². The van der Waals surface area contributed by atoms with E-state index in [-0.39, 0.29) is 18.4 Å². The summed E-state index contributed by atoms with van der Waals surface area (Å²) in [5.74, 6) is -0.272. The first-order chi connectivity index (χ1) is 20.4. The van der Waals surface area contributed by atoms with Gasteiger partial charge in [0.15, 0.2) is 0 Å². The lowest BCUT2D eigenvalue weighted by Crippen LogP contribution is -2.34. The van der Waals surface area contributed by atoms with E-state index in [1.54, 1.807) is 14.0 Å². The summed E-state index contributed by atoms with van der Waals surface area (Å²) in [6.45, 7) is 12.2. The van der Waals surface area contributed by atoms with Gasteiger partial charge in [-0.1, -0.05) is 24.3 Å². The largest absolute Gasteiger partial charge is 0.460 e. The van der Waals surface area contributed by atoms with Crippen molar-refractivity contribution in [2.45, 2.75) is 65.7 Å². The zero-order valence-corrected chi connectivity index (χ0v) is 26.0. The third-order valence-corrected chi connectivity index (χ3v) is 7.89. The Morgan fingerprint density at radius 1 is 1.12 bits per heavy atom. The van der Waals surface area contributed by atoms with E-state index in [4.69, 9.17) is 9.72 Å². The number of rotatable bonds is 8. The number of fused-ring (bicyclic) bond motifs is 2. The first-order valence-corrected chi connectivity index (χ1v) is 15.0. The normalized spacial score (nSPS) is 14.4. The van der Waals surface area contributed by atoms with Gasteiger partial charge in [-0.05, 0) is 87.1 Å². The summed E-state index contributed by atoms with van der Waals surface area (Å²) in [4.78, 5) is 36.8. The number of carbonyl (C=O) groups excluding carboxylic acids is 2. The molecule has 0 bridgehead atoms. The summed E-state index contributed by atoms with van der Waals surface area (Å²) in [7, 11) is 1.70. The first kappa shape index (κ1) is 30.4. The smallest absolute Gasteiger partial charge is 0.307 e. The number of aromatic nitrogens is 2. The zero-order chi connectivity index (χ0) is 30.9. The van der Waals surface area contributed by atoms with E-state index in [9.17, 15) is 14.7 Å². The molecule has 8 nitrogen and oxygen atoms in total. The summed E-state index contributed by atoms with van der Waals surface area (Å²) >= 11 is 0. The van der Waals surface area contributed by atoms with Crippen LogP contribution in [0.15, 0.2) is 54.9 Å². The van der Waals surface area contributed by atoms with E-state index in [1.807, 2.05) is 57.4 Å². The number of nitrogens with one attached hydrogen (secondary N) is 1. The van der Waals surface area contributed by atoms with Gasteiger partial charge >= 0.3 is 5.97 Å². The molecule has 5 rings (SSSR count). The Bertz CT molecular complexity index is 1630. The molecule has 1 aliphatic rings. The number of carbonyl (C=O) groups is 2. The number of nitrogens with zero attached hydrogens (tertiary/aromatic N) is 3. The fourth-order valence-electron chi connectivity index (χ4n) is 5.81. The number of aliphatic hydroxyl groups is 1. The number of amides is 1. The highest BCUT2D eigenvalue weighted by Gasteiger charge is 2.22. The van der Waals surface area contributed by atoms with Crippen molar-refractivity contribution in [1.29, 1.82) is 0 Å². The molecule has 1 amide bonds. The maximum atomic E-state index is 12.7. The number of aliphatic hydroxyl groups excluding tert-OH is 1. The highest BCUT2D eigenvalue weighted by atomic mass is 16.6. The Balaban J connectivity index is 1.34. The summed E-state index contributed by atoms with van der Waals surface area (Å²) in [5.41, 5.74) is 9.07. The number of aryl methyl sites for hydroxylation is 1. The van der Waals surface area contributed by atoms with Crippen molar-refractivity contribution in [1.82, 2.24) is 19.8 Å². The van der Waals surface area contributed by atoms with Crippen molar-refractivity contribution >= 4 is 22.9 Å². The molecule has 43 heavy (non-hydrogen) atoms. The Hall–Kier alpha value is -4.01. The molecule has 8 heteroatoms. The molecule has 0 fully saturated rings. The predicted molar refractivity (Wildman–Crippen MR) is 170 cm³/mol. The lowest BCUT2D eigenvalue weighted by Gasteiger charge is -2.30. The van der Waals surface area contributed by atoms with Crippen molar-refractivity contribution in [2.75, 3.05) is 26.7 Å². The monoisotopic (exact) mass is 582 g/mol. The van der Waals surface area contributed by atoms with E-state index >= 15 is 0 Å². The molecule has 0 saturated carbocycles. The summed E-state index contributed by atoms with van der Waals surface area (Å²) < 4.78 is 5.49. The number of ether oxygens (including phenoxy) is 1. The highest BCUT2D eigenvalue weighted by Crippen LogP contribution is 2.34. The van der Waals surface area contributed by atoms with Crippen molar-refractivity contribution < 1.29 is 19.4 Å². The van der Waals surface area contributed by atoms with Gasteiger partial charge in [-0.3, -0.25) is 14.5 Å². The minimum atomic E-state index is -0.578. The maximum Gasteiger partial charge on any atom is 0.307 e. The molecule has 2 aromatic heterocycles. The summed E-state index contributed by atoms with van der Waals surface area (Å²) in [6, 6.07) is 14.3. The van der Waals surface area contributed by atoms with Crippen LogP contribution < -0.4 is 0 Å². The Morgan fingerprint density at radius 3 is 2.56 bits per heavy atom. The van der Waals surface area contributed by atoms with Crippen LogP contribution >= 0.6 is 0 Å². The standard InChI is InChI=1S/C35H42N4O4/c1-22-15-27(16-26-11-13-39(21-31(22)26)14-12-32(41)43-35(3,4)5)28-17-29-30(19-37-33(29)36-18-28)24-7-9-25(10-8-24)34(42)38(6)20-23(2)40/h7-10,15-19,23,40H,11-14,20-21H2,1-6H3,(H,36,37)/t23-/m0/s1. The van der Waals surface area contributed by atoms with Crippen LogP contribution in [0.1, 0.15) is 61.2 Å². The van der Waals surface area contributed by atoms with E-state index in [0.717, 1.165) is 52.8 Å². The first-order valence-electron chi connectivity index (χ1n) is 15.0. The van der Waals surface area contributed by atoms with Crippen LogP contribution in [0.5, 0.6) is 0 Å². The SMILES string of the molecule is Cc1cc(-c2cnc3[nH]cc(-c4ccc(C(=O)N(C)C[C@H](C)O)cc4)c3c2)cc2c1CN(CCC(=O)OC(C)(C)C)CC2. The van der Waals surface area contributed by atoms with Gasteiger partial charge in [0.25, 0.3) is 5.91 Å². The third kappa shape index (κ3) is 7.14. The van der Waals surface area contributed by atoms with E-state index in [1.165, 1.54) is 21.6 Å². The topological polar surface area (TPSA) is 98.8 Å². The minimum absolute atomic E-state index is 0.121. The van der Waals surface area contributed by atoms with Gasteiger partial charge in [0.2, 0.25) is 0 Å². The predicted octanol–water partition coefficient (Wildman–Crippen LogP) is 5.75. The van der Waals surface area contributed by atoms with E-state index < -0.39 is 11.7 Å². The zero-order valence-electron chi connectivity index (χ0n) is 26.0. The Morgan fingerprint density at radius 2 is 1.86 bits per heavy atom. The van der Waals surface area contributed by atoms with E-state index in [0.29, 0.717) is 18.5 Å². The molecule has 0 aliphatic carbocycles. The number of likely N-dealkylation sites (N-methyl/N-ethyl adjacent to an activating group) is 1. The molecule has 2 N–H and O–H groups in total. The third-order valence-electron chi connectivity index (χ3n) is 7.89. The molecule has 0 radical (unpaired) electrons. The summed E-state index contributed by atoms with van der Waals surface area (Å²) in [6.07, 6.45) is 4.63. The fourth-order valence-corrected chi connectivity index (χ4v) is 5.81. The van der Waals surface area contributed by atoms with E-state index in [2.05, 4.69) is 35.0 Å². The highest BCUT2D eigenvalue weighted by molar-refractivity contribution is 5.98. The van der Waals surface area contributed by atoms with Crippen LogP contribution in [-0.2, 0) is 22.5 Å². The minimum Gasteiger partial charge on any atom is -0.460 e. The Kier molecular flexibility index (Phi) is 8.71. The quantitative estimate of drug-likeness (QED) is 0.257. The second-order valence-corrected chi connectivity index (χ2v) is 12.7. The molecule has 226 valence electrons. The van der Waals surface area contributed by atoms with Gasteiger partial charge in [-0.25, -0.2) is 4.98 Å². The number of pyridine rings is 1. The van der Waals surface area contributed by atoms with Crippen molar-refractivity contribution in [3.8, 4) is 22.3 Å².